The number of aromatic hydroxyl groups is 2. The van der Waals surface area contributed by atoms with Crippen LogP contribution in [0, 0.1) is 6.92 Å². The third-order valence-corrected chi connectivity index (χ3v) is 2.05. The molecule has 1 aromatic carbocycles. The minimum atomic E-state index is -0.554. The summed E-state index contributed by atoms with van der Waals surface area (Å²) in [4.78, 5) is 15.6. The smallest absolute Gasteiger partial charge is 0.261 e. The summed E-state index contributed by atoms with van der Waals surface area (Å²) in [5, 5.41) is 27.3. The van der Waals surface area contributed by atoms with E-state index in [1.807, 2.05) is 0 Å². The van der Waals surface area contributed by atoms with Gasteiger partial charge in [-0.25, -0.2) is 0 Å². The summed E-state index contributed by atoms with van der Waals surface area (Å²) in [5.41, 5.74) is 0.0326. The highest BCUT2D eigenvalue weighted by Crippen LogP contribution is 2.22. The van der Waals surface area contributed by atoms with Gasteiger partial charge in [0.15, 0.2) is 0 Å². The number of aromatic amines is 1. The predicted molar refractivity (Wildman–Crippen MR) is 58.8 cm³/mol. The van der Waals surface area contributed by atoms with E-state index in [1.54, 1.807) is 6.92 Å². The Balaban J connectivity index is 2.20. The van der Waals surface area contributed by atoms with Crippen LogP contribution in [0.2, 0.25) is 0 Å². The molecule has 0 saturated carbocycles. The third kappa shape index (κ3) is 2.33. The lowest BCUT2D eigenvalue weighted by Gasteiger charge is -2.03. The molecule has 0 radical (unpaired) electrons. The van der Waals surface area contributed by atoms with Gasteiger partial charge in [-0.15, -0.1) is 5.10 Å². The zero-order chi connectivity index (χ0) is 12.4. The maximum Gasteiger partial charge on any atom is 0.261 e. The van der Waals surface area contributed by atoms with Crippen LogP contribution in [0.4, 0.5) is 5.95 Å². The highest BCUT2D eigenvalue weighted by Gasteiger charge is 2.13. The number of carbonyl (C=O) groups is 1. The standard InChI is InChI=1S/C10H10N4O3/c1-5-11-10(14-13-5)12-9(17)7-3-2-6(15)4-8(7)16/h2-4,15-16H,1H3,(H2,11,12,13,14,17). The Bertz CT molecular complexity index is 564. The van der Waals surface area contributed by atoms with Crippen LogP contribution in [-0.2, 0) is 0 Å². The molecule has 1 amide bonds. The molecule has 0 saturated heterocycles. The molecule has 0 aliphatic heterocycles. The largest absolute Gasteiger partial charge is 0.508 e. The topological polar surface area (TPSA) is 111 Å². The molecule has 0 fully saturated rings. The van der Waals surface area contributed by atoms with Crippen LogP contribution < -0.4 is 5.32 Å². The van der Waals surface area contributed by atoms with Crippen molar-refractivity contribution >= 4 is 11.9 Å². The van der Waals surface area contributed by atoms with E-state index in [1.165, 1.54) is 12.1 Å². The molecule has 17 heavy (non-hydrogen) atoms. The summed E-state index contributed by atoms with van der Waals surface area (Å²) in [5.74, 6) is -0.292. The predicted octanol–water partition coefficient (Wildman–Crippen LogP) is 0.777. The van der Waals surface area contributed by atoms with E-state index in [-0.39, 0.29) is 23.0 Å². The second-order valence-corrected chi connectivity index (χ2v) is 3.40. The average Bonchev–Trinajstić information content (AvgIpc) is 2.63. The Hall–Kier alpha value is -2.57. The summed E-state index contributed by atoms with van der Waals surface area (Å²) < 4.78 is 0. The molecular weight excluding hydrogens is 224 g/mol. The molecule has 0 aliphatic rings. The first-order chi connectivity index (χ1) is 8.06. The van der Waals surface area contributed by atoms with Gasteiger partial charge in [0.2, 0.25) is 5.95 Å². The molecule has 0 spiro atoms. The molecule has 7 nitrogen and oxygen atoms in total. The molecule has 1 aromatic heterocycles. The molecule has 88 valence electrons. The van der Waals surface area contributed by atoms with Crippen molar-refractivity contribution in [2.24, 2.45) is 0 Å². The number of amides is 1. The lowest BCUT2D eigenvalue weighted by Crippen LogP contribution is -2.13. The van der Waals surface area contributed by atoms with Crippen molar-refractivity contribution < 1.29 is 15.0 Å². The van der Waals surface area contributed by atoms with Gasteiger partial charge in [-0.05, 0) is 19.1 Å². The average molecular weight is 234 g/mol. The molecule has 0 unspecified atom stereocenters. The normalized spacial score (nSPS) is 10.2. The van der Waals surface area contributed by atoms with Crippen LogP contribution in [0.5, 0.6) is 11.5 Å². The minimum Gasteiger partial charge on any atom is -0.508 e. The van der Waals surface area contributed by atoms with E-state index in [2.05, 4.69) is 20.5 Å². The van der Waals surface area contributed by atoms with E-state index in [0.29, 0.717) is 5.82 Å². The number of H-pyrrole nitrogens is 1. The van der Waals surface area contributed by atoms with Gasteiger partial charge in [0, 0.05) is 6.07 Å². The van der Waals surface area contributed by atoms with E-state index in [0.717, 1.165) is 6.07 Å². The Morgan fingerprint density at radius 1 is 1.41 bits per heavy atom. The first-order valence-corrected chi connectivity index (χ1v) is 4.78. The summed E-state index contributed by atoms with van der Waals surface area (Å²) >= 11 is 0. The van der Waals surface area contributed by atoms with Crippen molar-refractivity contribution in [2.75, 3.05) is 5.32 Å². The number of phenols is 2. The second-order valence-electron chi connectivity index (χ2n) is 3.40. The summed E-state index contributed by atoms with van der Waals surface area (Å²) in [6.45, 7) is 1.70. The number of carbonyl (C=O) groups excluding carboxylic acids is 1. The van der Waals surface area contributed by atoms with Crippen LogP contribution in [0.25, 0.3) is 0 Å². The maximum atomic E-state index is 11.7. The summed E-state index contributed by atoms with van der Waals surface area (Å²) in [6.07, 6.45) is 0. The highest BCUT2D eigenvalue weighted by atomic mass is 16.3. The van der Waals surface area contributed by atoms with Crippen LogP contribution in [-0.4, -0.2) is 31.3 Å². The molecule has 0 aliphatic carbocycles. The molecular formula is C10H10N4O3. The van der Waals surface area contributed by atoms with Gasteiger partial charge >= 0.3 is 0 Å². The number of anilines is 1. The molecule has 2 rings (SSSR count). The van der Waals surface area contributed by atoms with Crippen LogP contribution >= 0.6 is 0 Å². The van der Waals surface area contributed by atoms with Crippen LogP contribution in [0.15, 0.2) is 18.2 Å². The zero-order valence-corrected chi connectivity index (χ0v) is 8.93. The Morgan fingerprint density at radius 3 is 2.76 bits per heavy atom. The lowest BCUT2D eigenvalue weighted by atomic mass is 10.2. The number of aryl methyl sites for hydroxylation is 1. The fourth-order valence-corrected chi connectivity index (χ4v) is 1.28. The fraction of sp³-hybridized carbons (Fsp3) is 0.100. The van der Waals surface area contributed by atoms with Crippen LogP contribution in [0.3, 0.4) is 0 Å². The Labute approximate surface area is 96.1 Å². The van der Waals surface area contributed by atoms with E-state index in [9.17, 15) is 9.90 Å². The summed E-state index contributed by atoms with van der Waals surface area (Å²) in [7, 11) is 0. The number of hydrogen-bond donors (Lipinski definition) is 4. The summed E-state index contributed by atoms with van der Waals surface area (Å²) in [6, 6.07) is 3.69. The van der Waals surface area contributed by atoms with Gasteiger partial charge in [0.05, 0.1) is 5.56 Å². The molecule has 2 aromatic rings. The van der Waals surface area contributed by atoms with E-state index < -0.39 is 5.91 Å². The van der Waals surface area contributed by atoms with E-state index >= 15 is 0 Å². The van der Waals surface area contributed by atoms with Gasteiger partial charge < -0.3 is 10.2 Å². The number of aromatic nitrogens is 3. The Morgan fingerprint density at radius 2 is 2.18 bits per heavy atom. The van der Waals surface area contributed by atoms with Crippen molar-refractivity contribution in [3.8, 4) is 11.5 Å². The maximum absolute atomic E-state index is 11.7. The number of phenolic OH excluding ortho intramolecular Hbond substituents is 2. The SMILES string of the molecule is Cc1nc(NC(=O)c2ccc(O)cc2O)n[nH]1. The van der Waals surface area contributed by atoms with Gasteiger partial charge in [0.25, 0.3) is 5.91 Å². The monoisotopic (exact) mass is 234 g/mol. The van der Waals surface area contributed by atoms with Crippen molar-refractivity contribution in [1.82, 2.24) is 15.2 Å². The minimum absolute atomic E-state index is 0.0326. The lowest BCUT2D eigenvalue weighted by molar-refractivity contribution is 0.102. The zero-order valence-electron chi connectivity index (χ0n) is 8.93. The van der Waals surface area contributed by atoms with Gasteiger partial charge in [-0.3, -0.25) is 15.2 Å². The first-order valence-electron chi connectivity index (χ1n) is 4.78. The number of hydrogen-bond acceptors (Lipinski definition) is 5. The quantitative estimate of drug-likeness (QED) is 0.613. The fourth-order valence-electron chi connectivity index (χ4n) is 1.28. The van der Waals surface area contributed by atoms with Crippen LogP contribution in [0.1, 0.15) is 16.2 Å². The molecule has 7 heteroatoms. The Kier molecular flexibility index (Phi) is 2.65. The first kappa shape index (κ1) is 10.9. The van der Waals surface area contributed by atoms with Crippen molar-refractivity contribution in [3.63, 3.8) is 0 Å². The van der Waals surface area contributed by atoms with Crippen molar-refractivity contribution in [3.05, 3.63) is 29.6 Å². The third-order valence-electron chi connectivity index (χ3n) is 2.05. The number of nitrogens with one attached hydrogen (secondary N) is 2. The number of benzene rings is 1. The molecule has 4 N–H and O–H groups in total. The molecule has 0 bridgehead atoms. The van der Waals surface area contributed by atoms with Gasteiger partial charge in [-0.2, -0.15) is 4.98 Å². The number of rotatable bonds is 2. The molecule has 0 atom stereocenters. The molecule has 1 heterocycles. The van der Waals surface area contributed by atoms with Gasteiger partial charge in [0.1, 0.15) is 17.3 Å². The number of nitrogens with zero attached hydrogens (tertiary/aromatic N) is 2. The van der Waals surface area contributed by atoms with E-state index in [4.69, 9.17) is 5.11 Å². The van der Waals surface area contributed by atoms with Crippen molar-refractivity contribution in [1.29, 1.82) is 0 Å². The van der Waals surface area contributed by atoms with Gasteiger partial charge in [-0.1, -0.05) is 0 Å². The van der Waals surface area contributed by atoms with Crippen molar-refractivity contribution in [2.45, 2.75) is 6.92 Å². The highest BCUT2D eigenvalue weighted by molar-refractivity contribution is 6.05. The second kappa shape index (κ2) is 4.12.